The van der Waals surface area contributed by atoms with Crippen LogP contribution in [0.25, 0.3) is 10.9 Å². The Bertz CT molecular complexity index is 1040. The van der Waals surface area contributed by atoms with E-state index < -0.39 is 0 Å². The van der Waals surface area contributed by atoms with Gasteiger partial charge in [-0.25, -0.2) is 0 Å². The molecule has 0 spiro atoms. The van der Waals surface area contributed by atoms with Gasteiger partial charge in [0.25, 0.3) is 0 Å². The summed E-state index contributed by atoms with van der Waals surface area (Å²) in [4.78, 5) is 29.5. The summed E-state index contributed by atoms with van der Waals surface area (Å²) in [6.45, 7) is 4.35. The van der Waals surface area contributed by atoms with Gasteiger partial charge in [-0.3, -0.25) is 14.5 Å². The first kappa shape index (κ1) is 19.8. The van der Waals surface area contributed by atoms with Crippen LogP contribution < -0.4 is 10.3 Å². The highest BCUT2D eigenvalue weighted by Crippen LogP contribution is 2.21. The van der Waals surface area contributed by atoms with Crippen molar-refractivity contribution >= 4 is 16.7 Å². The number of hydrogen-bond acceptors (Lipinski definition) is 4. The Balaban J connectivity index is 1.74. The van der Waals surface area contributed by atoms with Crippen LogP contribution >= 0.6 is 0 Å². The van der Waals surface area contributed by atoms with Crippen molar-refractivity contribution in [3.05, 3.63) is 75.6 Å². The second kappa shape index (κ2) is 8.40. The van der Waals surface area contributed by atoms with Crippen LogP contribution in [0.3, 0.4) is 0 Å². The highest BCUT2D eigenvalue weighted by molar-refractivity contribution is 6.08. The van der Waals surface area contributed by atoms with Crippen molar-refractivity contribution in [2.75, 3.05) is 20.7 Å². The van der Waals surface area contributed by atoms with Gasteiger partial charge in [-0.1, -0.05) is 24.3 Å². The highest BCUT2D eigenvalue weighted by Gasteiger charge is 2.17. The van der Waals surface area contributed by atoms with Gasteiger partial charge in [-0.05, 0) is 56.6 Å². The summed E-state index contributed by atoms with van der Waals surface area (Å²) >= 11 is 0. The Labute approximate surface area is 165 Å². The van der Waals surface area contributed by atoms with E-state index in [1.807, 2.05) is 38.2 Å². The van der Waals surface area contributed by atoms with Crippen molar-refractivity contribution in [3.8, 4) is 5.75 Å². The van der Waals surface area contributed by atoms with Crippen molar-refractivity contribution in [1.29, 1.82) is 0 Å². The van der Waals surface area contributed by atoms with Crippen molar-refractivity contribution in [1.82, 2.24) is 9.88 Å². The van der Waals surface area contributed by atoms with E-state index in [-0.39, 0.29) is 17.4 Å². The Morgan fingerprint density at radius 3 is 2.50 bits per heavy atom. The smallest absolute Gasteiger partial charge is 0.248 e. The summed E-state index contributed by atoms with van der Waals surface area (Å²) < 4.78 is 5.20. The zero-order valence-corrected chi connectivity index (χ0v) is 16.8. The second-order valence-corrected chi connectivity index (χ2v) is 7.28. The third kappa shape index (κ3) is 4.31. The maximum atomic E-state index is 13.0. The molecule has 5 nitrogen and oxygen atoms in total. The Morgan fingerprint density at radius 2 is 1.82 bits per heavy atom. The monoisotopic (exact) mass is 378 g/mol. The third-order valence-electron chi connectivity index (χ3n) is 5.24. The second-order valence-electron chi connectivity index (χ2n) is 7.28. The average molecular weight is 378 g/mol. The molecule has 1 aromatic heterocycles. The molecule has 146 valence electrons. The molecule has 0 aliphatic carbocycles. The van der Waals surface area contributed by atoms with Crippen LogP contribution in [0.4, 0.5) is 0 Å². The molecule has 0 unspecified atom stereocenters. The van der Waals surface area contributed by atoms with Gasteiger partial charge in [0, 0.05) is 23.1 Å². The van der Waals surface area contributed by atoms with Crippen molar-refractivity contribution in [2.45, 2.75) is 26.3 Å². The lowest BCUT2D eigenvalue weighted by molar-refractivity contribution is 0.0926. The molecule has 3 aromatic rings. The summed E-state index contributed by atoms with van der Waals surface area (Å²) in [6.07, 6.45) is 0.843. The molecular formula is C23H26N2O3. The maximum absolute atomic E-state index is 13.0. The molecule has 0 bridgehead atoms. The molecular weight excluding hydrogens is 352 g/mol. The highest BCUT2D eigenvalue weighted by atomic mass is 16.5. The molecule has 0 saturated carbocycles. The number of ether oxygens (including phenoxy) is 1. The summed E-state index contributed by atoms with van der Waals surface area (Å²) in [6, 6.07) is 15.1. The first-order valence-corrected chi connectivity index (χ1v) is 9.38. The van der Waals surface area contributed by atoms with E-state index in [1.54, 1.807) is 13.2 Å². The fraction of sp³-hybridized carbons (Fsp3) is 0.304. The number of benzene rings is 2. The minimum absolute atomic E-state index is 0.0427. The number of likely N-dealkylation sites (N-methyl/N-ethyl adjacent to an activating group) is 1. The van der Waals surface area contributed by atoms with E-state index in [0.29, 0.717) is 12.1 Å². The number of ketones is 1. The van der Waals surface area contributed by atoms with E-state index in [9.17, 15) is 9.59 Å². The van der Waals surface area contributed by atoms with Crippen LogP contribution in [0.1, 0.15) is 28.4 Å². The molecule has 28 heavy (non-hydrogen) atoms. The lowest BCUT2D eigenvalue weighted by Gasteiger charge is -2.24. The van der Waals surface area contributed by atoms with Crippen LogP contribution in [0.2, 0.25) is 0 Å². The van der Waals surface area contributed by atoms with E-state index in [0.717, 1.165) is 28.6 Å². The number of Topliss-reactive ketones (excluding diaryl/α,β-unsaturated/α-hetero) is 1. The zero-order chi connectivity index (χ0) is 20.3. The normalized spacial score (nSPS) is 12.3. The summed E-state index contributed by atoms with van der Waals surface area (Å²) in [5.74, 6) is 0.880. The molecule has 2 aromatic carbocycles. The molecule has 1 N–H and O–H groups in total. The van der Waals surface area contributed by atoms with Gasteiger partial charge in [-0.15, -0.1) is 0 Å². The summed E-state index contributed by atoms with van der Waals surface area (Å²) in [5.41, 5.74) is 3.36. The van der Waals surface area contributed by atoms with Gasteiger partial charge in [0.05, 0.1) is 19.2 Å². The quantitative estimate of drug-likeness (QED) is 0.638. The van der Waals surface area contributed by atoms with Crippen LogP contribution in [-0.2, 0) is 6.42 Å². The average Bonchev–Trinajstić information content (AvgIpc) is 2.69. The molecule has 0 saturated heterocycles. The predicted molar refractivity (Wildman–Crippen MR) is 112 cm³/mol. The van der Waals surface area contributed by atoms with Crippen LogP contribution in [0.5, 0.6) is 5.75 Å². The van der Waals surface area contributed by atoms with Gasteiger partial charge in [0.1, 0.15) is 5.75 Å². The Kier molecular flexibility index (Phi) is 5.95. The molecule has 0 amide bonds. The standard InChI is InChI=1S/C23H26N2O3/c1-15-5-10-19(20-11-12-22(27)24-23(15)20)21(26)14-25(3)16(2)13-17-6-8-18(28-4)9-7-17/h5-12,16H,13-14H2,1-4H3,(H,24,27)/t16-/m1/s1. The fourth-order valence-electron chi connectivity index (χ4n) is 3.36. The first-order valence-electron chi connectivity index (χ1n) is 9.38. The number of aromatic nitrogens is 1. The van der Waals surface area contributed by atoms with Gasteiger partial charge in [-0.2, -0.15) is 0 Å². The number of methoxy groups -OCH3 is 1. The van der Waals surface area contributed by atoms with Gasteiger partial charge >= 0.3 is 0 Å². The molecule has 1 atom stereocenters. The lowest BCUT2D eigenvalue weighted by atomic mass is 10.0. The first-order chi connectivity index (χ1) is 13.4. The van der Waals surface area contributed by atoms with Gasteiger partial charge in [0.15, 0.2) is 5.78 Å². The number of rotatable bonds is 7. The van der Waals surface area contributed by atoms with Gasteiger partial charge < -0.3 is 9.72 Å². The Hall–Kier alpha value is -2.92. The van der Waals surface area contributed by atoms with E-state index >= 15 is 0 Å². The zero-order valence-electron chi connectivity index (χ0n) is 16.8. The number of carbonyl (C=O) groups is 1. The molecule has 0 fully saturated rings. The Morgan fingerprint density at radius 1 is 1.11 bits per heavy atom. The lowest BCUT2D eigenvalue weighted by Crippen LogP contribution is -2.35. The predicted octanol–water partition coefficient (Wildman–Crippen LogP) is 3.59. The molecule has 5 heteroatoms. The van der Waals surface area contributed by atoms with Crippen LogP contribution in [-0.4, -0.2) is 42.4 Å². The third-order valence-corrected chi connectivity index (χ3v) is 5.24. The molecule has 0 aliphatic rings. The largest absolute Gasteiger partial charge is 0.497 e. The summed E-state index contributed by atoms with van der Waals surface area (Å²) in [5, 5.41) is 0.792. The van der Waals surface area contributed by atoms with E-state index in [2.05, 4.69) is 28.9 Å². The molecule has 0 radical (unpaired) electrons. The van der Waals surface area contributed by atoms with Crippen LogP contribution in [0.15, 0.2) is 53.3 Å². The van der Waals surface area contributed by atoms with Crippen molar-refractivity contribution < 1.29 is 9.53 Å². The number of aromatic amines is 1. The number of aryl methyl sites for hydroxylation is 1. The number of nitrogens with zero attached hydrogens (tertiary/aromatic N) is 1. The molecule has 1 heterocycles. The van der Waals surface area contributed by atoms with E-state index in [1.165, 1.54) is 11.6 Å². The SMILES string of the molecule is COc1ccc(C[C@@H](C)N(C)CC(=O)c2ccc(C)c3[nH]c(=O)ccc23)cc1. The number of pyridine rings is 1. The number of hydrogen-bond donors (Lipinski definition) is 1. The van der Waals surface area contributed by atoms with E-state index in [4.69, 9.17) is 4.74 Å². The number of fused-ring (bicyclic) bond motifs is 1. The minimum atomic E-state index is -0.162. The maximum Gasteiger partial charge on any atom is 0.248 e. The molecule has 3 rings (SSSR count). The number of H-pyrrole nitrogens is 1. The van der Waals surface area contributed by atoms with Crippen molar-refractivity contribution in [2.24, 2.45) is 0 Å². The molecule has 0 aliphatic heterocycles. The minimum Gasteiger partial charge on any atom is -0.497 e. The summed E-state index contributed by atoms with van der Waals surface area (Å²) in [7, 11) is 3.62. The van der Waals surface area contributed by atoms with Gasteiger partial charge in [0.2, 0.25) is 5.56 Å². The van der Waals surface area contributed by atoms with Crippen molar-refractivity contribution in [3.63, 3.8) is 0 Å². The number of carbonyl (C=O) groups excluding carboxylic acids is 1. The fourth-order valence-corrected chi connectivity index (χ4v) is 3.36. The van der Waals surface area contributed by atoms with Crippen LogP contribution in [0, 0.1) is 6.92 Å². The number of nitrogens with one attached hydrogen (secondary N) is 1. The topological polar surface area (TPSA) is 62.4 Å².